The van der Waals surface area contributed by atoms with E-state index >= 15 is 0 Å². The van der Waals surface area contributed by atoms with E-state index in [2.05, 4.69) is 20.2 Å². The van der Waals surface area contributed by atoms with Crippen molar-refractivity contribution in [1.29, 1.82) is 0 Å². The van der Waals surface area contributed by atoms with Crippen molar-refractivity contribution in [3.63, 3.8) is 0 Å². The van der Waals surface area contributed by atoms with E-state index in [1.807, 2.05) is 39.2 Å². The van der Waals surface area contributed by atoms with Gasteiger partial charge in [0.1, 0.15) is 5.65 Å². The molecule has 1 amide bonds. The molecule has 6 nitrogen and oxygen atoms in total. The molecule has 1 aliphatic heterocycles. The van der Waals surface area contributed by atoms with E-state index in [1.54, 1.807) is 23.5 Å². The summed E-state index contributed by atoms with van der Waals surface area (Å²) in [7, 11) is 0. The van der Waals surface area contributed by atoms with Gasteiger partial charge >= 0.3 is 0 Å². The molecule has 3 aromatic heterocycles. The summed E-state index contributed by atoms with van der Waals surface area (Å²) in [6, 6.07) is 5.71. The second-order valence-electron chi connectivity index (χ2n) is 6.48. The number of hydrogen-bond acceptors (Lipinski definition) is 5. The quantitative estimate of drug-likeness (QED) is 0.630. The van der Waals surface area contributed by atoms with E-state index in [0.717, 1.165) is 49.6 Å². The lowest BCUT2D eigenvalue weighted by Crippen LogP contribution is -2.34. The third kappa shape index (κ3) is 4.21. The van der Waals surface area contributed by atoms with E-state index < -0.39 is 0 Å². The fraction of sp³-hybridized carbons (Fsp3) is 0.316. The molecule has 1 fully saturated rings. The number of carbonyl (C=O) groups is 1. The molecule has 27 heavy (non-hydrogen) atoms. The van der Waals surface area contributed by atoms with Crippen LogP contribution in [0.4, 0.5) is 0 Å². The molecule has 0 aliphatic carbocycles. The fourth-order valence-corrected chi connectivity index (χ4v) is 4.08. The Balaban J connectivity index is 1.40. The van der Waals surface area contributed by atoms with Crippen LogP contribution in [0.3, 0.4) is 0 Å². The van der Waals surface area contributed by atoms with Crippen LogP contribution in [0.5, 0.6) is 0 Å². The Kier molecular flexibility index (Phi) is 5.52. The average Bonchev–Trinajstić information content (AvgIpc) is 3.21. The molecule has 1 saturated heterocycles. The van der Waals surface area contributed by atoms with E-state index in [9.17, 15) is 4.79 Å². The molecule has 4 heterocycles. The molecule has 4 rings (SSSR count). The standard InChI is InChI=1S/C19H20ClN5OS/c20-19-16(25-9-2-1-4-17(25)22-19)5-6-18(26)24-8-3-7-23(10-11-24)12-15-13-27-14-21-15/h1-2,4-6,9,13-14H,3,7-8,10-12H2/b6-5+. The van der Waals surface area contributed by atoms with Gasteiger partial charge < -0.3 is 4.90 Å². The minimum atomic E-state index is 0.00690. The summed E-state index contributed by atoms with van der Waals surface area (Å²) >= 11 is 7.85. The maximum atomic E-state index is 12.7. The minimum Gasteiger partial charge on any atom is -0.338 e. The number of rotatable bonds is 4. The summed E-state index contributed by atoms with van der Waals surface area (Å²) in [5.74, 6) is 0.00690. The number of carbonyl (C=O) groups excluding carboxylic acids is 1. The van der Waals surface area contributed by atoms with Gasteiger partial charge in [0.2, 0.25) is 5.91 Å². The normalized spacial score (nSPS) is 16.3. The molecule has 140 valence electrons. The Morgan fingerprint density at radius 3 is 3.04 bits per heavy atom. The van der Waals surface area contributed by atoms with E-state index in [-0.39, 0.29) is 5.91 Å². The topological polar surface area (TPSA) is 53.7 Å². The van der Waals surface area contributed by atoms with Crippen molar-refractivity contribution in [3.8, 4) is 0 Å². The monoisotopic (exact) mass is 401 g/mol. The van der Waals surface area contributed by atoms with E-state index in [1.165, 1.54) is 0 Å². The summed E-state index contributed by atoms with van der Waals surface area (Å²) in [6.45, 7) is 4.15. The predicted octanol–water partition coefficient (Wildman–Crippen LogP) is 3.19. The van der Waals surface area contributed by atoms with E-state index in [0.29, 0.717) is 11.7 Å². The molecule has 3 aromatic rings. The van der Waals surface area contributed by atoms with Crippen molar-refractivity contribution in [2.75, 3.05) is 26.2 Å². The number of nitrogens with zero attached hydrogens (tertiary/aromatic N) is 5. The van der Waals surface area contributed by atoms with Crippen molar-refractivity contribution in [3.05, 3.63) is 57.9 Å². The van der Waals surface area contributed by atoms with Crippen LogP contribution in [0.1, 0.15) is 17.8 Å². The first-order valence-corrected chi connectivity index (χ1v) is 10.2. The number of aromatic nitrogens is 3. The molecule has 0 bridgehead atoms. The van der Waals surface area contributed by atoms with Crippen LogP contribution in [-0.4, -0.2) is 56.3 Å². The zero-order chi connectivity index (χ0) is 18.6. The van der Waals surface area contributed by atoms with Crippen LogP contribution in [0.25, 0.3) is 11.7 Å². The van der Waals surface area contributed by atoms with Crippen molar-refractivity contribution in [2.24, 2.45) is 0 Å². The van der Waals surface area contributed by atoms with Gasteiger partial charge in [-0.05, 0) is 24.6 Å². The summed E-state index contributed by atoms with van der Waals surface area (Å²) in [5, 5.41) is 2.48. The molecule has 0 radical (unpaired) electrons. The zero-order valence-electron chi connectivity index (χ0n) is 14.8. The smallest absolute Gasteiger partial charge is 0.246 e. The second kappa shape index (κ2) is 8.21. The lowest BCUT2D eigenvalue weighted by atomic mass is 10.3. The summed E-state index contributed by atoms with van der Waals surface area (Å²) in [5.41, 5.74) is 4.45. The van der Waals surface area contributed by atoms with Crippen LogP contribution in [0, 0.1) is 0 Å². The van der Waals surface area contributed by atoms with Crippen LogP contribution >= 0.6 is 22.9 Å². The molecule has 8 heteroatoms. The van der Waals surface area contributed by atoms with Gasteiger partial charge in [-0.25, -0.2) is 9.97 Å². The molecular weight excluding hydrogens is 382 g/mol. The largest absolute Gasteiger partial charge is 0.338 e. The van der Waals surface area contributed by atoms with Crippen LogP contribution in [0.15, 0.2) is 41.4 Å². The van der Waals surface area contributed by atoms with Crippen molar-refractivity contribution in [2.45, 2.75) is 13.0 Å². The Labute approximate surface area is 166 Å². The maximum absolute atomic E-state index is 12.7. The number of fused-ring (bicyclic) bond motifs is 1. The highest BCUT2D eigenvalue weighted by molar-refractivity contribution is 7.07. The highest BCUT2D eigenvalue weighted by Crippen LogP contribution is 2.19. The Morgan fingerprint density at radius 1 is 1.26 bits per heavy atom. The number of imidazole rings is 1. The van der Waals surface area contributed by atoms with Gasteiger partial charge in [-0.1, -0.05) is 17.7 Å². The third-order valence-corrected chi connectivity index (χ3v) is 5.59. The number of thiazole rings is 1. The molecule has 0 aromatic carbocycles. The van der Waals surface area contributed by atoms with Gasteiger partial charge in [-0.2, -0.15) is 0 Å². The molecule has 1 aliphatic rings. The minimum absolute atomic E-state index is 0.00690. The van der Waals surface area contributed by atoms with Gasteiger partial charge in [0.05, 0.1) is 16.9 Å². The maximum Gasteiger partial charge on any atom is 0.246 e. The van der Waals surface area contributed by atoms with Crippen LogP contribution < -0.4 is 0 Å². The molecule has 0 spiro atoms. The Bertz CT molecular complexity index is 952. The predicted molar refractivity (Wildman–Crippen MR) is 108 cm³/mol. The Hall–Kier alpha value is -2.22. The molecule has 0 N–H and O–H groups in total. The van der Waals surface area contributed by atoms with Gasteiger partial charge in [-0.3, -0.25) is 14.1 Å². The van der Waals surface area contributed by atoms with Gasteiger partial charge in [0.25, 0.3) is 0 Å². The number of hydrogen-bond donors (Lipinski definition) is 0. The van der Waals surface area contributed by atoms with Crippen molar-refractivity contribution < 1.29 is 4.79 Å². The molecule has 0 unspecified atom stereocenters. The lowest BCUT2D eigenvalue weighted by Gasteiger charge is -2.20. The van der Waals surface area contributed by atoms with Gasteiger partial charge in [0.15, 0.2) is 5.15 Å². The summed E-state index contributed by atoms with van der Waals surface area (Å²) < 4.78 is 1.88. The van der Waals surface area contributed by atoms with Gasteiger partial charge in [0, 0.05) is 50.4 Å². The van der Waals surface area contributed by atoms with Crippen LogP contribution in [-0.2, 0) is 11.3 Å². The molecule has 0 atom stereocenters. The first kappa shape index (κ1) is 18.2. The van der Waals surface area contributed by atoms with Crippen molar-refractivity contribution in [1.82, 2.24) is 24.2 Å². The molecular formula is C19H20ClN5OS. The third-order valence-electron chi connectivity index (χ3n) is 4.68. The highest BCUT2D eigenvalue weighted by atomic mass is 35.5. The summed E-state index contributed by atoms with van der Waals surface area (Å²) in [6.07, 6.45) is 6.20. The zero-order valence-corrected chi connectivity index (χ0v) is 16.4. The Morgan fingerprint density at radius 2 is 2.19 bits per heavy atom. The highest BCUT2D eigenvalue weighted by Gasteiger charge is 2.18. The SMILES string of the molecule is O=C(/C=C/c1c(Cl)nc2ccccn12)N1CCCN(Cc2cscn2)CC1. The number of halogens is 1. The second-order valence-corrected chi connectivity index (χ2v) is 7.56. The number of amides is 1. The van der Waals surface area contributed by atoms with E-state index in [4.69, 9.17) is 11.6 Å². The van der Waals surface area contributed by atoms with Crippen LogP contribution in [0.2, 0.25) is 5.15 Å². The lowest BCUT2D eigenvalue weighted by molar-refractivity contribution is -0.125. The average molecular weight is 402 g/mol. The first-order chi connectivity index (χ1) is 13.2. The van der Waals surface area contributed by atoms with Gasteiger partial charge in [-0.15, -0.1) is 11.3 Å². The number of pyridine rings is 1. The van der Waals surface area contributed by atoms with Crippen molar-refractivity contribution >= 4 is 40.6 Å². The molecule has 0 saturated carbocycles. The fourth-order valence-electron chi connectivity index (χ4n) is 3.28. The first-order valence-electron chi connectivity index (χ1n) is 8.90. The summed E-state index contributed by atoms with van der Waals surface area (Å²) in [4.78, 5) is 25.6.